The molecule has 3 aliphatic heterocycles. The average Bonchev–Trinajstić information content (AvgIpc) is 3.99. The lowest BCUT2D eigenvalue weighted by Crippen LogP contribution is -2.36. The molecule has 7 rings (SSSR count). The smallest absolute Gasteiger partial charge is 0.393 e. The summed E-state index contributed by atoms with van der Waals surface area (Å²) >= 11 is 0.407. The molecular formula is C34H48F2N10O12P2S. The minimum absolute atomic E-state index is 0.00944. The summed E-state index contributed by atoms with van der Waals surface area (Å²) in [5.41, 5.74) is 10.8. The summed E-state index contributed by atoms with van der Waals surface area (Å²) in [4.78, 5) is 58.6. The van der Waals surface area contributed by atoms with Crippen LogP contribution >= 0.6 is 25.8 Å². The zero-order valence-corrected chi connectivity index (χ0v) is 35.6. The summed E-state index contributed by atoms with van der Waals surface area (Å²) in [5, 5.41) is 0. The molecule has 3 fully saturated rings. The second-order valence-electron chi connectivity index (χ2n) is 14.7. The third kappa shape index (κ3) is 10.6. The lowest BCUT2D eigenvalue weighted by molar-refractivity contribution is -0.141. The van der Waals surface area contributed by atoms with E-state index in [-0.39, 0.29) is 40.5 Å². The van der Waals surface area contributed by atoms with Gasteiger partial charge in [-0.05, 0) is 6.42 Å². The van der Waals surface area contributed by atoms with E-state index in [1.54, 1.807) is 0 Å². The number of aromatic nitrogens is 8. The molecule has 2 bridgehead atoms. The number of anilines is 2. The Morgan fingerprint density at radius 1 is 0.902 bits per heavy atom. The highest BCUT2D eigenvalue weighted by Crippen LogP contribution is 2.64. The molecule has 0 aromatic carbocycles. The minimum atomic E-state index is -4.75. The van der Waals surface area contributed by atoms with Crippen molar-refractivity contribution < 1.29 is 60.1 Å². The first-order valence-electron chi connectivity index (χ1n) is 19.8. The van der Waals surface area contributed by atoms with E-state index < -0.39 is 101 Å². The minimum Gasteiger partial charge on any atom is -0.454 e. The fourth-order valence-electron chi connectivity index (χ4n) is 7.23. The van der Waals surface area contributed by atoms with E-state index in [1.165, 1.54) is 36.6 Å². The first-order chi connectivity index (χ1) is 29.3. The molecule has 3 unspecified atom stereocenters. The number of unbranched alkanes of at least 4 members (excludes halogenated alkanes) is 8. The second kappa shape index (κ2) is 19.8. The number of hydrogen-bond donors (Lipinski definition) is 4. The molecule has 0 saturated carbocycles. The van der Waals surface area contributed by atoms with Gasteiger partial charge in [0.1, 0.15) is 48.5 Å². The number of H-pyrrole nitrogens is 1. The molecule has 3 saturated heterocycles. The molecule has 0 amide bonds. The van der Waals surface area contributed by atoms with Gasteiger partial charge in [-0.25, -0.2) is 33.3 Å². The van der Waals surface area contributed by atoms with Crippen LogP contribution < -0.4 is 17.0 Å². The molecule has 3 aliphatic rings. The van der Waals surface area contributed by atoms with Crippen molar-refractivity contribution in [1.82, 2.24) is 39.0 Å². The van der Waals surface area contributed by atoms with Crippen molar-refractivity contribution in [3.8, 4) is 0 Å². The van der Waals surface area contributed by atoms with Crippen LogP contribution in [0.1, 0.15) is 83.6 Å². The number of nitrogen functional groups attached to an aromatic ring is 2. The Balaban J connectivity index is 1.12. The SMILES string of the molecule is CCCCCCCCCCCC(=O)OCSP1(=O)OC[C@H]2O[C@@H](n3cnc4c(N)ncnc43)[C@H](F)[C@@H]2OCP(=O)(O)OCC2O[C@@H](n3cnc4c(=O)[nH]c(N)nc43)[C@H](O1)[C@@H]2F. The molecule has 27 heteroatoms. The van der Waals surface area contributed by atoms with Crippen molar-refractivity contribution in [1.29, 1.82) is 0 Å². The molecule has 4 aromatic rings. The fourth-order valence-corrected chi connectivity index (χ4v) is 10.8. The number of esters is 1. The molecule has 0 spiro atoms. The number of carbonyl (C=O) groups is 1. The molecule has 6 N–H and O–H groups in total. The molecule has 61 heavy (non-hydrogen) atoms. The number of hydrogen-bond acceptors (Lipinski definition) is 19. The predicted molar refractivity (Wildman–Crippen MR) is 214 cm³/mol. The van der Waals surface area contributed by atoms with Crippen molar-refractivity contribution in [2.75, 3.05) is 37.0 Å². The number of fused-ring (bicyclic) bond motifs is 5. The van der Waals surface area contributed by atoms with Crippen LogP contribution in [-0.4, -0.2) is 112 Å². The van der Waals surface area contributed by atoms with Crippen LogP contribution in [0.4, 0.5) is 20.5 Å². The number of rotatable bonds is 15. The number of nitrogens with zero attached hydrogens (tertiary/aromatic N) is 7. The van der Waals surface area contributed by atoms with E-state index in [1.807, 2.05) is 0 Å². The van der Waals surface area contributed by atoms with E-state index in [9.17, 15) is 23.6 Å². The van der Waals surface area contributed by atoms with Crippen LogP contribution in [0.2, 0.25) is 0 Å². The van der Waals surface area contributed by atoms with Crippen molar-refractivity contribution in [3.63, 3.8) is 0 Å². The highest BCUT2D eigenvalue weighted by Gasteiger charge is 2.54. The molecule has 10 atom stereocenters. The van der Waals surface area contributed by atoms with E-state index in [0.29, 0.717) is 17.8 Å². The Labute approximate surface area is 350 Å². The molecular weight excluding hydrogens is 872 g/mol. The van der Waals surface area contributed by atoms with E-state index in [2.05, 4.69) is 36.8 Å². The third-order valence-electron chi connectivity index (χ3n) is 10.4. The van der Waals surface area contributed by atoms with Gasteiger partial charge < -0.3 is 39.8 Å². The largest absolute Gasteiger partial charge is 0.454 e. The number of halogens is 2. The van der Waals surface area contributed by atoms with Gasteiger partial charge in [0.15, 0.2) is 47.4 Å². The summed E-state index contributed by atoms with van der Waals surface area (Å²) in [5.74, 6) is -1.44. The Kier molecular flexibility index (Phi) is 14.7. The second-order valence-corrected chi connectivity index (χ2v) is 20.5. The van der Waals surface area contributed by atoms with Gasteiger partial charge in [0, 0.05) is 17.8 Å². The Morgan fingerprint density at radius 2 is 1.57 bits per heavy atom. The van der Waals surface area contributed by atoms with Gasteiger partial charge in [0.2, 0.25) is 5.95 Å². The first-order valence-corrected chi connectivity index (χ1v) is 24.7. The molecule has 0 aliphatic carbocycles. The zero-order valence-electron chi connectivity index (χ0n) is 33.0. The van der Waals surface area contributed by atoms with Crippen LogP contribution in [0.3, 0.4) is 0 Å². The number of imidazole rings is 2. The number of ether oxygens (including phenoxy) is 4. The molecule has 336 valence electrons. The summed E-state index contributed by atoms with van der Waals surface area (Å²) in [6, 6.07) is 0. The molecule has 0 radical (unpaired) electrons. The summed E-state index contributed by atoms with van der Waals surface area (Å²) in [6.07, 6.45) is -2.29. The monoisotopic (exact) mass is 920 g/mol. The maximum absolute atomic E-state index is 16.5. The quantitative estimate of drug-likeness (QED) is 0.0538. The van der Waals surface area contributed by atoms with Gasteiger partial charge in [-0.1, -0.05) is 58.3 Å². The van der Waals surface area contributed by atoms with Crippen LogP contribution in [0.25, 0.3) is 22.3 Å². The number of nitrogens with one attached hydrogen (secondary N) is 1. The third-order valence-corrected chi connectivity index (χ3v) is 14.7. The standard InChI is InChI=1S/C34H48F2N10O12P2S/c1-2-3-4-5-6-7-8-9-10-11-21(47)53-18-61-60(51)55-13-20-26(23(36)32(57-20)45-15-41-24-28(37)39-14-40-29(24)45)52-17-59(49,50)54-12-19-22(35)27(58-60)33(56-19)46-16-42-25-30(46)43-34(38)44-31(25)48/h14-16,19-20,22-23,26-27,32-33H,2-13,17-18H2,1H3,(H,49,50)(H2,37,39,40)(H3,38,43,44,48)/t19?,20-,22-,23-,26-,27-,32-,33-,60?/m1/s1. The van der Waals surface area contributed by atoms with Crippen molar-refractivity contribution in [3.05, 3.63) is 29.3 Å². The average molecular weight is 921 g/mol. The van der Waals surface area contributed by atoms with Gasteiger partial charge in [-0.15, -0.1) is 0 Å². The highest BCUT2D eigenvalue weighted by atomic mass is 32.7. The summed E-state index contributed by atoms with van der Waals surface area (Å²) in [7, 11) is -4.75. The van der Waals surface area contributed by atoms with Gasteiger partial charge in [0.25, 0.3) is 5.56 Å². The van der Waals surface area contributed by atoms with Gasteiger partial charge in [-0.2, -0.15) is 4.98 Å². The lowest BCUT2D eigenvalue weighted by atomic mass is 10.1. The van der Waals surface area contributed by atoms with Crippen LogP contribution in [-0.2, 0) is 46.4 Å². The van der Waals surface area contributed by atoms with E-state index in [4.69, 9.17) is 44.0 Å². The summed E-state index contributed by atoms with van der Waals surface area (Å²) in [6.45, 7) is -4.18. The van der Waals surface area contributed by atoms with Crippen LogP contribution in [0, 0.1) is 0 Å². The molecule has 7 heterocycles. The predicted octanol–water partition coefficient (Wildman–Crippen LogP) is 4.82. The Hall–Kier alpha value is -3.64. The Morgan fingerprint density at radius 3 is 2.33 bits per heavy atom. The lowest BCUT2D eigenvalue weighted by Gasteiger charge is -2.27. The van der Waals surface area contributed by atoms with Crippen molar-refractivity contribution in [2.45, 2.75) is 120 Å². The number of alkyl halides is 2. The zero-order chi connectivity index (χ0) is 43.3. The first kappa shape index (κ1) is 45.4. The maximum atomic E-state index is 16.5. The normalized spacial score (nSPS) is 31.0. The van der Waals surface area contributed by atoms with E-state index in [0.717, 1.165) is 42.9 Å². The number of aromatic amines is 1. The summed E-state index contributed by atoms with van der Waals surface area (Å²) < 4.78 is 103. The maximum Gasteiger partial charge on any atom is 0.393 e. The van der Waals surface area contributed by atoms with Crippen LogP contribution in [0.15, 0.2) is 23.8 Å². The topological polar surface area (TPSA) is 295 Å². The van der Waals surface area contributed by atoms with Gasteiger partial charge in [0.05, 0.1) is 25.9 Å². The van der Waals surface area contributed by atoms with Crippen molar-refractivity contribution in [2.24, 2.45) is 0 Å². The van der Waals surface area contributed by atoms with Gasteiger partial charge in [-0.3, -0.25) is 37.3 Å². The number of carbonyl (C=O) groups excluding carboxylic acids is 1. The Bertz CT molecular complexity index is 2310. The fraction of sp³-hybridized carbons (Fsp3) is 0.676. The molecule has 22 nitrogen and oxygen atoms in total. The number of nitrogens with two attached hydrogens (primary N) is 2. The van der Waals surface area contributed by atoms with Crippen molar-refractivity contribution >= 4 is 65.8 Å². The molecule has 4 aromatic heterocycles. The highest BCUT2D eigenvalue weighted by molar-refractivity contribution is 8.55. The van der Waals surface area contributed by atoms with E-state index >= 15 is 8.78 Å². The van der Waals surface area contributed by atoms with Crippen LogP contribution in [0.5, 0.6) is 0 Å². The van der Waals surface area contributed by atoms with Gasteiger partial charge >= 0.3 is 20.4 Å².